The SMILES string of the molecule is NC1(c2c(F)ccc(O)c2F)CCCCC1. The second-order valence-electron chi connectivity index (χ2n) is 4.47. The van der Waals surface area contributed by atoms with Gasteiger partial charge in [0.05, 0.1) is 0 Å². The summed E-state index contributed by atoms with van der Waals surface area (Å²) in [6.07, 6.45) is 3.89. The van der Waals surface area contributed by atoms with Crippen LogP contribution in [0.3, 0.4) is 0 Å². The van der Waals surface area contributed by atoms with Gasteiger partial charge < -0.3 is 10.8 Å². The highest BCUT2D eigenvalue weighted by molar-refractivity contribution is 5.36. The molecule has 2 rings (SSSR count). The molecule has 1 fully saturated rings. The molecule has 1 aliphatic rings. The third-order valence-electron chi connectivity index (χ3n) is 3.31. The fraction of sp³-hybridized carbons (Fsp3) is 0.500. The summed E-state index contributed by atoms with van der Waals surface area (Å²) in [5, 5.41) is 9.27. The third-order valence-corrected chi connectivity index (χ3v) is 3.31. The Morgan fingerprint density at radius 3 is 2.38 bits per heavy atom. The number of benzene rings is 1. The van der Waals surface area contributed by atoms with Gasteiger partial charge in [0, 0.05) is 11.1 Å². The number of phenols is 1. The molecule has 1 aliphatic carbocycles. The van der Waals surface area contributed by atoms with Gasteiger partial charge in [-0.3, -0.25) is 0 Å². The highest BCUT2D eigenvalue weighted by Gasteiger charge is 2.35. The third kappa shape index (κ3) is 1.78. The summed E-state index contributed by atoms with van der Waals surface area (Å²) < 4.78 is 27.4. The fourth-order valence-electron chi connectivity index (χ4n) is 2.43. The molecule has 0 saturated heterocycles. The van der Waals surface area contributed by atoms with E-state index in [1.807, 2.05) is 0 Å². The molecule has 0 amide bonds. The van der Waals surface area contributed by atoms with Crippen molar-refractivity contribution in [2.24, 2.45) is 5.73 Å². The van der Waals surface area contributed by atoms with Crippen LogP contribution in [-0.2, 0) is 5.54 Å². The minimum atomic E-state index is -0.967. The normalized spacial score (nSPS) is 19.7. The van der Waals surface area contributed by atoms with Crippen LogP contribution in [0.1, 0.15) is 37.7 Å². The second kappa shape index (κ2) is 4.01. The number of hydrogen-bond acceptors (Lipinski definition) is 2. The molecule has 0 bridgehead atoms. The first-order chi connectivity index (χ1) is 7.54. The predicted octanol–water partition coefficient (Wildman–Crippen LogP) is 2.79. The average molecular weight is 227 g/mol. The van der Waals surface area contributed by atoms with E-state index in [-0.39, 0.29) is 5.56 Å². The van der Waals surface area contributed by atoms with Crippen LogP contribution in [0.5, 0.6) is 5.75 Å². The molecule has 0 unspecified atom stereocenters. The van der Waals surface area contributed by atoms with Gasteiger partial charge in [0.25, 0.3) is 0 Å². The van der Waals surface area contributed by atoms with Gasteiger partial charge in [0.2, 0.25) is 0 Å². The summed E-state index contributed by atoms with van der Waals surface area (Å²) in [6.45, 7) is 0. The van der Waals surface area contributed by atoms with Crippen molar-refractivity contribution in [2.45, 2.75) is 37.6 Å². The summed E-state index contributed by atoms with van der Waals surface area (Å²) in [6, 6.07) is 2.08. The molecule has 1 aromatic carbocycles. The van der Waals surface area contributed by atoms with Gasteiger partial charge >= 0.3 is 0 Å². The van der Waals surface area contributed by atoms with Gasteiger partial charge in [-0.25, -0.2) is 8.78 Å². The lowest BCUT2D eigenvalue weighted by Gasteiger charge is -2.34. The molecule has 4 heteroatoms. The standard InChI is InChI=1S/C12H15F2NO/c13-8-4-5-9(16)11(14)10(8)12(15)6-2-1-3-7-12/h4-5,16H,1-3,6-7,15H2. The fourth-order valence-corrected chi connectivity index (χ4v) is 2.43. The lowest BCUT2D eigenvalue weighted by molar-refractivity contribution is 0.278. The van der Waals surface area contributed by atoms with Crippen molar-refractivity contribution < 1.29 is 13.9 Å². The molecule has 0 aliphatic heterocycles. The van der Waals surface area contributed by atoms with Crippen LogP contribution in [0.2, 0.25) is 0 Å². The Labute approximate surface area is 93.1 Å². The number of rotatable bonds is 1. The van der Waals surface area contributed by atoms with E-state index in [4.69, 9.17) is 5.73 Å². The molecule has 3 N–H and O–H groups in total. The summed E-state index contributed by atoms with van der Waals surface area (Å²) in [4.78, 5) is 0. The number of aromatic hydroxyl groups is 1. The Bertz CT molecular complexity index is 400. The highest BCUT2D eigenvalue weighted by Crippen LogP contribution is 2.39. The first-order valence-corrected chi connectivity index (χ1v) is 5.51. The van der Waals surface area contributed by atoms with Crippen molar-refractivity contribution in [2.75, 3.05) is 0 Å². The molecule has 1 aromatic rings. The molecular formula is C12H15F2NO. The van der Waals surface area contributed by atoms with Crippen LogP contribution in [0.25, 0.3) is 0 Å². The molecule has 0 heterocycles. The van der Waals surface area contributed by atoms with E-state index in [0.29, 0.717) is 12.8 Å². The largest absolute Gasteiger partial charge is 0.505 e. The van der Waals surface area contributed by atoms with Crippen LogP contribution >= 0.6 is 0 Å². The number of nitrogens with two attached hydrogens (primary N) is 1. The van der Waals surface area contributed by atoms with E-state index in [9.17, 15) is 13.9 Å². The van der Waals surface area contributed by atoms with Gasteiger partial charge in [-0.05, 0) is 25.0 Å². The molecule has 0 atom stereocenters. The zero-order chi connectivity index (χ0) is 11.8. The van der Waals surface area contributed by atoms with Crippen LogP contribution < -0.4 is 5.73 Å². The summed E-state index contributed by atoms with van der Waals surface area (Å²) in [5.74, 6) is -2.11. The van der Waals surface area contributed by atoms with Gasteiger partial charge in [0.15, 0.2) is 11.6 Å². The van der Waals surface area contributed by atoms with Crippen LogP contribution in [-0.4, -0.2) is 5.11 Å². The summed E-state index contributed by atoms with van der Waals surface area (Å²) >= 11 is 0. The van der Waals surface area contributed by atoms with E-state index in [1.54, 1.807) is 0 Å². The van der Waals surface area contributed by atoms with Crippen LogP contribution in [0.15, 0.2) is 12.1 Å². The Morgan fingerprint density at radius 2 is 1.75 bits per heavy atom. The molecule has 16 heavy (non-hydrogen) atoms. The van der Waals surface area contributed by atoms with Crippen molar-refractivity contribution in [3.63, 3.8) is 0 Å². The molecule has 0 spiro atoms. The number of hydrogen-bond donors (Lipinski definition) is 2. The van der Waals surface area contributed by atoms with Crippen molar-refractivity contribution in [1.29, 1.82) is 0 Å². The topological polar surface area (TPSA) is 46.2 Å². The van der Waals surface area contributed by atoms with Crippen LogP contribution in [0, 0.1) is 11.6 Å². The number of halogens is 2. The van der Waals surface area contributed by atoms with E-state index >= 15 is 0 Å². The van der Waals surface area contributed by atoms with Gasteiger partial charge in [-0.1, -0.05) is 19.3 Å². The van der Waals surface area contributed by atoms with Crippen LogP contribution in [0.4, 0.5) is 8.78 Å². The second-order valence-corrected chi connectivity index (χ2v) is 4.47. The Morgan fingerprint density at radius 1 is 1.12 bits per heavy atom. The van der Waals surface area contributed by atoms with Crippen molar-refractivity contribution in [1.82, 2.24) is 0 Å². The monoisotopic (exact) mass is 227 g/mol. The smallest absolute Gasteiger partial charge is 0.172 e. The van der Waals surface area contributed by atoms with E-state index < -0.39 is 22.9 Å². The molecule has 0 aromatic heterocycles. The maximum absolute atomic E-state index is 13.7. The quantitative estimate of drug-likeness (QED) is 0.775. The van der Waals surface area contributed by atoms with E-state index in [2.05, 4.69) is 0 Å². The summed E-state index contributed by atoms with van der Waals surface area (Å²) in [5.41, 5.74) is 4.93. The molecule has 0 radical (unpaired) electrons. The van der Waals surface area contributed by atoms with Crippen molar-refractivity contribution in [3.05, 3.63) is 29.3 Å². The minimum Gasteiger partial charge on any atom is -0.505 e. The van der Waals surface area contributed by atoms with Crippen molar-refractivity contribution in [3.8, 4) is 5.75 Å². The lowest BCUT2D eigenvalue weighted by Crippen LogP contribution is -2.40. The minimum absolute atomic E-state index is 0.160. The zero-order valence-electron chi connectivity index (χ0n) is 8.97. The summed E-state index contributed by atoms with van der Waals surface area (Å²) in [7, 11) is 0. The van der Waals surface area contributed by atoms with Gasteiger partial charge in [-0.2, -0.15) is 0 Å². The zero-order valence-corrected chi connectivity index (χ0v) is 8.97. The molecule has 88 valence electrons. The maximum Gasteiger partial charge on any atom is 0.172 e. The van der Waals surface area contributed by atoms with Crippen molar-refractivity contribution >= 4 is 0 Å². The molecule has 1 saturated carbocycles. The molecular weight excluding hydrogens is 212 g/mol. The van der Waals surface area contributed by atoms with E-state index in [0.717, 1.165) is 31.4 Å². The lowest BCUT2D eigenvalue weighted by atomic mass is 9.77. The molecule has 2 nitrogen and oxygen atoms in total. The predicted molar refractivity (Wildman–Crippen MR) is 57.0 cm³/mol. The Balaban J connectivity index is 2.49. The van der Waals surface area contributed by atoms with Gasteiger partial charge in [-0.15, -0.1) is 0 Å². The Kier molecular flexibility index (Phi) is 2.84. The first kappa shape index (κ1) is 11.3. The Hall–Kier alpha value is -1.16. The van der Waals surface area contributed by atoms with E-state index in [1.165, 1.54) is 0 Å². The highest BCUT2D eigenvalue weighted by atomic mass is 19.1. The number of phenolic OH excluding ortho intramolecular Hbond substituents is 1. The average Bonchev–Trinajstić information content (AvgIpc) is 2.25. The van der Waals surface area contributed by atoms with Gasteiger partial charge in [0.1, 0.15) is 5.82 Å². The maximum atomic E-state index is 13.7. The first-order valence-electron chi connectivity index (χ1n) is 5.51.